The molecule has 0 fully saturated rings. The van der Waals surface area contributed by atoms with Crippen LogP contribution in [-0.4, -0.2) is 15.9 Å². The van der Waals surface area contributed by atoms with Crippen LogP contribution in [0, 0.1) is 0 Å². The lowest BCUT2D eigenvalue weighted by Crippen LogP contribution is -2.50. The van der Waals surface area contributed by atoms with Gasteiger partial charge in [-0.1, -0.05) is 114 Å². The molecule has 144 valence electrons. The van der Waals surface area contributed by atoms with Crippen molar-refractivity contribution in [1.29, 1.82) is 0 Å². The van der Waals surface area contributed by atoms with Crippen LogP contribution in [0.1, 0.15) is 17.0 Å². The lowest BCUT2D eigenvalue weighted by Gasteiger charge is -2.29. The summed E-state index contributed by atoms with van der Waals surface area (Å²) in [5, 5.41) is 5.94. The second-order valence-corrected chi connectivity index (χ2v) is 8.62. The van der Waals surface area contributed by atoms with Gasteiger partial charge in [-0.05, 0) is 23.3 Å². The van der Waals surface area contributed by atoms with E-state index in [1.165, 1.54) is 0 Å². The van der Waals surface area contributed by atoms with Gasteiger partial charge in [0.2, 0.25) is 9.70 Å². The first-order valence-electron chi connectivity index (χ1n) is 8.74. The van der Waals surface area contributed by atoms with Gasteiger partial charge in [-0.2, -0.15) is 0 Å². The largest absolute Gasteiger partial charge is 0.362 e. The molecule has 0 aliphatic carbocycles. The second kappa shape index (κ2) is 9.33. The molecule has 3 aromatic carbocycles. The van der Waals surface area contributed by atoms with Crippen molar-refractivity contribution in [3.8, 4) is 0 Å². The number of para-hydroxylation sites is 1. The van der Waals surface area contributed by atoms with Crippen molar-refractivity contribution < 1.29 is 4.79 Å². The third-order valence-electron chi connectivity index (χ3n) is 4.23. The maximum Gasteiger partial charge on any atom is 0.233 e. The molecule has 28 heavy (non-hydrogen) atoms. The lowest BCUT2D eigenvalue weighted by molar-refractivity contribution is -0.122. The number of nitrogens with one attached hydrogen (secondary N) is 2. The van der Waals surface area contributed by atoms with Gasteiger partial charge < -0.3 is 10.6 Å². The minimum Gasteiger partial charge on any atom is -0.362 e. The van der Waals surface area contributed by atoms with E-state index in [2.05, 4.69) is 10.6 Å². The molecule has 1 atom stereocenters. The number of alkyl halides is 3. The Hall–Kier alpha value is -2.20. The van der Waals surface area contributed by atoms with Crippen molar-refractivity contribution >= 4 is 46.4 Å². The van der Waals surface area contributed by atoms with E-state index in [4.69, 9.17) is 34.8 Å². The number of amides is 1. The number of halogens is 3. The SMILES string of the molecule is O=C(N[C@@H](Nc1ccccc1)C(Cl)(Cl)Cl)C(c1ccccc1)c1ccccc1. The van der Waals surface area contributed by atoms with E-state index in [1.807, 2.05) is 91.0 Å². The van der Waals surface area contributed by atoms with Crippen molar-refractivity contribution in [1.82, 2.24) is 5.32 Å². The van der Waals surface area contributed by atoms with Gasteiger partial charge in [-0.25, -0.2) is 0 Å². The molecule has 0 bridgehead atoms. The van der Waals surface area contributed by atoms with Gasteiger partial charge in [-0.15, -0.1) is 0 Å². The average molecular weight is 434 g/mol. The molecule has 0 radical (unpaired) electrons. The Kier molecular flexibility index (Phi) is 6.84. The highest BCUT2D eigenvalue weighted by atomic mass is 35.6. The van der Waals surface area contributed by atoms with E-state index in [-0.39, 0.29) is 5.91 Å². The van der Waals surface area contributed by atoms with E-state index in [9.17, 15) is 4.79 Å². The van der Waals surface area contributed by atoms with Crippen molar-refractivity contribution in [2.24, 2.45) is 0 Å². The molecule has 0 spiro atoms. The summed E-state index contributed by atoms with van der Waals surface area (Å²) in [6, 6.07) is 28.3. The maximum absolute atomic E-state index is 13.3. The summed E-state index contributed by atoms with van der Waals surface area (Å²) in [6.07, 6.45) is -0.915. The van der Waals surface area contributed by atoms with E-state index in [0.717, 1.165) is 16.8 Å². The summed E-state index contributed by atoms with van der Waals surface area (Å²) in [7, 11) is 0. The molecule has 0 aromatic heterocycles. The van der Waals surface area contributed by atoms with Crippen molar-refractivity contribution in [3.63, 3.8) is 0 Å². The Balaban J connectivity index is 1.89. The van der Waals surface area contributed by atoms with E-state index < -0.39 is 15.9 Å². The molecule has 3 aromatic rings. The third-order valence-corrected chi connectivity index (χ3v) is 4.88. The summed E-state index contributed by atoms with van der Waals surface area (Å²) in [6.45, 7) is 0. The van der Waals surface area contributed by atoms with Crippen molar-refractivity contribution in [2.45, 2.75) is 15.9 Å². The van der Waals surface area contributed by atoms with E-state index >= 15 is 0 Å². The molecule has 0 heterocycles. The standard InChI is InChI=1S/C22H19Cl3N2O/c23-22(24,25)21(26-18-14-8-3-9-15-18)27-20(28)19(16-10-4-1-5-11-16)17-12-6-2-7-13-17/h1-15,19,21,26H,(H,27,28)/t21-/m1/s1. The van der Waals surface area contributed by atoms with Crippen molar-refractivity contribution in [3.05, 3.63) is 102 Å². The Bertz CT molecular complexity index is 844. The number of benzene rings is 3. The van der Waals surface area contributed by atoms with Crippen molar-refractivity contribution in [2.75, 3.05) is 5.32 Å². The fraction of sp³-hybridized carbons (Fsp3) is 0.136. The normalized spacial score (nSPS) is 12.4. The zero-order chi connectivity index (χ0) is 20.0. The van der Waals surface area contributed by atoms with Crippen LogP contribution < -0.4 is 10.6 Å². The van der Waals surface area contributed by atoms with Crippen LogP contribution in [0.25, 0.3) is 0 Å². The number of rotatable bonds is 6. The quantitative estimate of drug-likeness (QED) is 0.384. The minimum absolute atomic E-state index is 0.267. The number of anilines is 1. The zero-order valence-corrected chi connectivity index (χ0v) is 17.1. The Morgan fingerprint density at radius 2 is 1.14 bits per heavy atom. The number of carbonyl (C=O) groups is 1. The van der Waals surface area contributed by atoms with Gasteiger partial charge >= 0.3 is 0 Å². The molecule has 0 saturated carbocycles. The molecule has 6 heteroatoms. The number of hydrogen-bond donors (Lipinski definition) is 2. The van der Waals surface area contributed by atoms with E-state index in [0.29, 0.717) is 0 Å². The Morgan fingerprint density at radius 3 is 1.57 bits per heavy atom. The van der Waals surface area contributed by atoms with Gasteiger partial charge in [-0.3, -0.25) is 4.79 Å². The molecule has 1 amide bonds. The molecule has 3 nitrogen and oxygen atoms in total. The first-order valence-corrected chi connectivity index (χ1v) is 9.87. The molecule has 0 saturated heterocycles. The van der Waals surface area contributed by atoms with Gasteiger partial charge in [0.1, 0.15) is 6.17 Å². The van der Waals surface area contributed by atoms with Crippen LogP contribution in [0.3, 0.4) is 0 Å². The van der Waals surface area contributed by atoms with Gasteiger partial charge in [0.05, 0.1) is 5.92 Å². The summed E-state index contributed by atoms with van der Waals surface area (Å²) in [5.41, 5.74) is 2.44. The highest BCUT2D eigenvalue weighted by Crippen LogP contribution is 2.32. The van der Waals surface area contributed by atoms with Crippen LogP contribution in [0.15, 0.2) is 91.0 Å². The van der Waals surface area contributed by atoms with Crippen LogP contribution in [0.2, 0.25) is 0 Å². The van der Waals surface area contributed by atoms with Gasteiger partial charge in [0.25, 0.3) is 0 Å². The summed E-state index contributed by atoms with van der Waals surface area (Å²) in [4.78, 5) is 13.3. The number of hydrogen-bond acceptors (Lipinski definition) is 2. The fourth-order valence-electron chi connectivity index (χ4n) is 2.91. The second-order valence-electron chi connectivity index (χ2n) is 6.25. The molecule has 0 aliphatic rings. The zero-order valence-electron chi connectivity index (χ0n) is 14.9. The van der Waals surface area contributed by atoms with Crippen LogP contribution in [0.4, 0.5) is 5.69 Å². The summed E-state index contributed by atoms with van der Waals surface area (Å²) < 4.78 is -1.75. The summed E-state index contributed by atoms with van der Waals surface area (Å²) >= 11 is 18.4. The monoisotopic (exact) mass is 432 g/mol. The van der Waals surface area contributed by atoms with Crippen LogP contribution >= 0.6 is 34.8 Å². The molecular formula is C22H19Cl3N2O. The van der Waals surface area contributed by atoms with Gasteiger partial charge in [0, 0.05) is 5.69 Å². The Labute approximate surface area is 179 Å². The molecule has 0 unspecified atom stereocenters. The fourth-order valence-corrected chi connectivity index (χ4v) is 3.24. The third kappa shape index (κ3) is 5.41. The van der Waals surface area contributed by atoms with E-state index in [1.54, 1.807) is 0 Å². The highest BCUT2D eigenvalue weighted by Gasteiger charge is 2.36. The minimum atomic E-state index is -1.75. The van der Waals surface area contributed by atoms with Crippen LogP contribution in [-0.2, 0) is 4.79 Å². The van der Waals surface area contributed by atoms with Gasteiger partial charge in [0.15, 0.2) is 0 Å². The first kappa shape index (κ1) is 20.5. The van der Waals surface area contributed by atoms with Crippen LogP contribution in [0.5, 0.6) is 0 Å². The smallest absolute Gasteiger partial charge is 0.233 e. The lowest BCUT2D eigenvalue weighted by atomic mass is 9.90. The predicted molar refractivity (Wildman–Crippen MR) is 117 cm³/mol. The predicted octanol–water partition coefficient (Wildman–Crippen LogP) is 5.74. The molecule has 0 aliphatic heterocycles. The first-order chi connectivity index (χ1) is 13.4. The summed E-state index contributed by atoms with van der Waals surface area (Å²) in [5.74, 6) is -0.799. The topological polar surface area (TPSA) is 41.1 Å². The molecular weight excluding hydrogens is 415 g/mol. The highest BCUT2D eigenvalue weighted by molar-refractivity contribution is 6.68. The maximum atomic E-state index is 13.3. The number of carbonyl (C=O) groups excluding carboxylic acids is 1. The average Bonchev–Trinajstić information content (AvgIpc) is 2.69. The Morgan fingerprint density at radius 1 is 0.714 bits per heavy atom. The molecule has 2 N–H and O–H groups in total. The molecule has 3 rings (SSSR count).